The molecule has 0 amide bonds. The van der Waals surface area contributed by atoms with Crippen LogP contribution in [0.3, 0.4) is 0 Å². The fourth-order valence-corrected chi connectivity index (χ4v) is 2.93. The molecule has 0 bridgehead atoms. The minimum Gasteiger partial charge on any atom is -0.483 e. The molecule has 4 nitrogen and oxygen atoms in total. The molecule has 5 heteroatoms. The molecule has 1 N–H and O–H groups in total. The summed E-state index contributed by atoms with van der Waals surface area (Å²) in [7, 11) is 0. The zero-order chi connectivity index (χ0) is 15.4. The number of hydrogen-bond donors (Lipinski definition) is 1. The quantitative estimate of drug-likeness (QED) is 0.942. The fourth-order valence-electron chi connectivity index (χ4n) is 2.74. The molecule has 0 spiro atoms. The van der Waals surface area contributed by atoms with Crippen molar-refractivity contribution >= 4 is 11.6 Å². The minimum atomic E-state index is -0.0681. The van der Waals surface area contributed by atoms with Gasteiger partial charge in [0.15, 0.2) is 5.75 Å². The average molecular weight is 319 g/mol. The summed E-state index contributed by atoms with van der Waals surface area (Å²) >= 11 is 6.11. The van der Waals surface area contributed by atoms with E-state index in [9.17, 15) is 4.79 Å². The Hall–Kier alpha value is -1.78. The van der Waals surface area contributed by atoms with Crippen LogP contribution in [0.1, 0.15) is 24.4 Å². The molecule has 2 aromatic rings. The monoisotopic (exact) mass is 318 g/mol. The first kappa shape index (κ1) is 15.1. The zero-order valence-corrected chi connectivity index (χ0v) is 13.1. The Kier molecular flexibility index (Phi) is 4.80. The van der Waals surface area contributed by atoms with Crippen LogP contribution in [0.4, 0.5) is 0 Å². The maximum atomic E-state index is 12.6. The van der Waals surface area contributed by atoms with Crippen LogP contribution in [-0.2, 0) is 6.61 Å². The largest absolute Gasteiger partial charge is 0.483 e. The third-order valence-corrected chi connectivity index (χ3v) is 4.35. The fraction of sp³-hybridized carbons (Fsp3) is 0.353. The van der Waals surface area contributed by atoms with E-state index in [1.54, 1.807) is 10.6 Å². The Morgan fingerprint density at radius 2 is 1.95 bits per heavy atom. The van der Waals surface area contributed by atoms with Gasteiger partial charge in [-0.05, 0) is 44.1 Å². The maximum absolute atomic E-state index is 12.6. The number of piperidine rings is 1. The Morgan fingerprint density at radius 1 is 1.18 bits per heavy atom. The van der Waals surface area contributed by atoms with Crippen LogP contribution >= 0.6 is 11.6 Å². The molecular formula is C17H19ClN2O2. The first-order valence-corrected chi connectivity index (χ1v) is 7.91. The molecule has 1 aromatic heterocycles. The summed E-state index contributed by atoms with van der Waals surface area (Å²) in [6, 6.07) is 11.3. The van der Waals surface area contributed by atoms with Gasteiger partial charge < -0.3 is 14.6 Å². The highest BCUT2D eigenvalue weighted by molar-refractivity contribution is 6.31. The van der Waals surface area contributed by atoms with Crippen molar-refractivity contribution in [2.24, 2.45) is 0 Å². The van der Waals surface area contributed by atoms with Crippen LogP contribution in [-0.4, -0.2) is 17.7 Å². The Labute approximate surface area is 134 Å². The van der Waals surface area contributed by atoms with E-state index in [0.29, 0.717) is 17.4 Å². The predicted molar refractivity (Wildman–Crippen MR) is 87.6 cm³/mol. The van der Waals surface area contributed by atoms with Crippen LogP contribution in [0.5, 0.6) is 5.75 Å². The number of aromatic nitrogens is 1. The Balaban J connectivity index is 1.77. The van der Waals surface area contributed by atoms with Crippen molar-refractivity contribution in [3.05, 3.63) is 63.5 Å². The minimum absolute atomic E-state index is 0.0681. The molecule has 22 heavy (non-hydrogen) atoms. The zero-order valence-electron chi connectivity index (χ0n) is 12.3. The van der Waals surface area contributed by atoms with E-state index >= 15 is 0 Å². The van der Waals surface area contributed by atoms with E-state index < -0.39 is 0 Å². The van der Waals surface area contributed by atoms with E-state index in [1.807, 2.05) is 36.5 Å². The lowest BCUT2D eigenvalue weighted by atomic mass is 10.1. The second-order valence-electron chi connectivity index (χ2n) is 5.45. The van der Waals surface area contributed by atoms with Gasteiger partial charge in [-0.3, -0.25) is 4.79 Å². The number of rotatable bonds is 4. The molecule has 1 aliphatic rings. The van der Waals surface area contributed by atoms with Gasteiger partial charge >= 0.3 is 0 Å². The molecule has 0 atom stereocenters. The van der Waals surface area contributed by atoms with Gasteiger partial charge in [-0.1, -0.05) is 29.8 Å². The van der Waals surface area contributed by atoms with Crippen LogP contribution in [0.25, 0.3) is 0 Å². The summed E-state index contributed by atoms with van der Waals surface area (Å²) in [5.74, 6) is 0.376. The molecule has 1 aliphatic heterocycles. The lowest BCUT2D eigenvalue weighted by Gasteiger charge is -2.25. The lowest BCUT2D eigenvalue weighted by Crippen LogP contribution is -2.34. The van der Waals surface area contributed by atoms with Crippen molar-refractivity contribution < 1.29 is 4.74 Å². The summed E-state index contributed by atoms with van der Waals surface area (Å²) in [5, 5.41) is 3.96. The van der Waals surface area contributed by atoms with Gasteiger partial charge in [0, 0.05) is 22.8 Å². The van der Waals surface area contributed by atoms with E-state index in [1.165, 1.54) is 0 Å². The van der Waals surface area contributed by atoms with E-state index in [0.717, 1.165) is 31.5 Å². The summed E-state index contributed by atoms with van der Waals surface area (Å²) in [6.07, 6.45) is 3.78. The second kappa shape index (κ2) is 6.99. The topological polar surface area (TPSA) is 43.3 Å². The molecule has 0 unspecified atom stereocenters. The van der Waals surface area contributed by atoms with Crippen molar-refractivity contribution in [1.82, 2.24) is 9.88 Å². The summed E-state index contributed by atoms with van der Waals surface area (Å²) in [4.78, 5) is 12.6. The van der Waals surface area contributed by atoms with Gasteiger partial charge in [-0.2, -0.15) is 0 Å². The van der Waals surface area contributed by atoms with E-state index in [4.69, 9.17) is 16.3 Å². The number of ether oxygens (including phenoxy) is 1. The van der Waals surface area contributed by atoms with Crippen molar-refractivity contribution in [3.63, 3.8) is 0 Å². The van der Waals surface area contributed by atoms with Crippen LogP contribution in [0, 0.1) is 0 Å². The highest BCUT2D eigenvalue weighted by Gasteiger charge is 2.17. The number of pyridine rings is 1. The Morgan fingerprint density at radius 3 is 2.73 bits per heavy atom. The first-order valence-electron chi connectivity index (χ1n) is 7.54. The smallest absolute Gasteiger partial charge is 0.293 e. The Bertz CT molecular complexity index is 693. The van der Waals surface area contributed by atoms with Crippen LogP contribution in [0.2, 0.25) is 5.02 Å². The highest BCUT2D eigenvalue weighted by atomic mass is 35.5. The highest BCUT2D eigenvalue weighted by Crippen LogP contribution is 2.19. The molecule has 2 heterocycles. The molecule has 0 aliphatic carbocycles. The third kappa shape index (κ3) is 3.34. The molecule has 1 aromatic carbocycles. The van der Waals surface area contributed by atoms with Gasteiger partial charge in [0.2, 0.25) is 0 Å². The number of hydrogen-bond acceptors (Lipinski definition) is 3. The average Bonchev–Trinajstić information content (AvgIpc) is 2.56. The van der Waals surface area contributed by atoms with Crippen molar-refractivity contribution in [3.8, 4) is 5.75 Å². The standard InChI is InChI=1S/C17H19ClN2O2/c18-15-5-2-1-4-13(15)12-22-16-6-3-11-20(17(16)21)14-7-9-19-10-8-14/h1-6,11,14,19H,7-10,12H2. The lowest BCUT2D eigenvalue weighted by molar-refractivity contribution is 0.291. The SMILES string of the molecule is O=c1c(OCc2ccccc2Cl)cccn1C1CCNCC1. The van der Waals surface area contributed by atoms with Crippen molar-refractivity contribution in [1.29, 1.82) is 0 Å². The van der Waals surface area contributed by atoms with Crippen molar-refractivity contribution in [2.45, 2.75) is 25.5 Å². The summed E-state index contributed by atoms with van der Waals surface area (Å²) in [6.45, 7) is 2.19. The molecule has 0 saturated carbocycles. The van der Waals surface area contributed by atoms with Gasteiger partial charge in [0.25, 0.3) is 5.56 Å². The van der Waals surface area contributed by atoms with Gasteiger partial charge in [0.05, 0.1) is 0 Å². The summed E-state index contributed by atoms with van der Waals surface area (Å²) in [5.41, 5.74) is 0.808. The molecule has 116 valence electrons. The van der Waals surface area contributed by atoms with Gasteiger partial charge in [-0.15, -0.1) is 0 Å². The number of nitrogens with one attached hydrogen (secondary N) is 1. The molecule has 1 saturated heterocycles. The second-order valence-corrected chi connectivity index (χ2v) is 5.85. The normalized spacial score (nSPS) is 15.7. The molecule has 0 radical (unpaired) electrons. The molecule has 1 fully saturated rings. The third-order valence-electron chi connectivity index (χ3n) is 3.98. The predicted octanol–water partition coefficient (Wildman–Crippen LogP) is 3.01. The maximum Gasteiger partial charge on any atom is 0.293 e. The van der Waals surface area contributed by atoms with Crippen LogP contribution in [0.15, 0.2) is 47.4 Å². The first-order chi connectivity index (χ1) is 10.8. The molecular weight excluding hydrogens is 300 g/mol. The number of nitrogens with zero attached hydrogens (tertiary/aromatic N) is 1. The van der Waals surface area contributed by atoms with Gasteiger partial charge in [-0.25, -0.2) is 0 Å². The van der Waals surface area contributed by atoms with Crippen LogP contribution < -0.4 is 15.6 Å². The van der Waals surface area contributed by atoms with E-state index in [2.05, 4.69) is 5.32 Å². The number of halogens is 1. The summed E-state index contributed by atoms with van der Waals surface area (Å²) < 4.78 is 7.50. The van der Waals surface area contributed by atoms with Crippen molar-refractivity contribution in [2.75, 3.05) is 13.1 Å². The molecule has 3 rings (SSSR count). The van der Waals surface area contributed by atoms with E-state index in [-0.39, 0.29) is 11.6 Å². The number of benzene rings is 1. The van der Waals surface area contributed by atoms with Gasteiger partial charge in [0.1, 0.15) is 6.61 Å².